The van der Waals surface area contributed by atoms with E-state index in [-0.39, 0.29) is 18.0 Å². The Balaban J connectivity index is 1.89. The van der Waals surface area contributed by atoms with E-state index < -0.39 is 29.7 Å². The number of halogens is 4. The van der Waals surface area contributed by atoms with Gasteiger partial charge in [0.05, 0.1) is 10.9 Å². The molecule has 2 amide bonds. The number of hydrogen-bond donors (Lipinski definition) is 1. The second-order valence-electron chi connectivity index (χ2n) is 8.15. The zero-order chi connectivity index (χ0) is 25.5. The smallest absolute Gasteiger partial charge is 0.357 e. The summed E-state index contributed by atoms with van der Waals surface area (Å²) >= 11 is 7.62. The summed E-state index contributed by atoms with van der Waals surface area (Å²) in [5, 5.41) is 6.18. The molecule has 35 heavy (non-hydrogen) atoms. The zero-order valence-corrected chi connectivity index (χ0v) is 20.5. The Morgan fingerprint density at radius 3 is 2.66 bits per heavy atom. The molecule has 184 valence electrons. The highest BCUT2D eigenvalue weighted by Gasteiger charge is 2.40. The maximum absolute atomic E-state index is 14.1. The highest BCUT2D eigenvalue weighted by Crippen LogP contribution is 2.45. The molecule has 0 radical (unpaired) electrons. The molecule has 1 aliphatic rings. The Hall–Kier alpha value is -3.11. The van der Waals surface area contributed by atoms with Crippen LogP contribution < -0.4 is 5.32 Å². The molecule has 1 aromatic carbocycles. The fourth-order valence-electron chi connectivity index (χ4n) is 4.32. The van der Waals surface area contributed by atoms with Crippen molar-refractivity contribution in [3.63, 3.8) is 0 Å². The molecule has 2 atom stereocenters. The molecule has 0 fully saturated rings. The number of thiophene rings is 1. The van der Waals surface area contributed by atoms with Gasteiger partial charge < -0.3 is 10.2 Å². The van der Waals surface area contributed by atoms with Crippen molar-refractivity contribution in [3.05, 3.63) is 75.2 Å². The molecule has 0 saturated heterocycles. The first-order chi connectivity index (χ1) is 16.5. The second kappa shape index (κ2) is 9.50. The number of fused-ring (bicyclic) bond motifs is 1. The van der Waals surface area contributed by atoms with Crippen LogP contribution in [0.2, 0.25) is 4.34 Å². The summed E-state index contributed by atoms with van der Waals surface area (Å²) in [5.41, 5.74) is 0.571. The lowest BCUT2D eigenvalue weighted by atomic mass is 9.84. The van der Waals surface area contributed by atoms with E-state index >= 15 is 0 Å². The van der Waals surface area contributed by atoms with Crippen molar-refractivity contribution in [1.29, 1.82) is 0 Å². The Labute approximate surface area is 209 Å². The molecule has 0 bridgehead atoms. The van der Waals surface area contributed by atoms with Gasteiger partial charge in [-0.25, -0.2) is 0 Å². The molecule has 3 aromatic rings. The van der Waals surface area contributed by atoms with Crippen LogP contribution in [-0.2, 0) is 22.3 Å². The highest BCUT2D eigenvalue weighted by molar-refractivity contribution is 7.16. The molecule has 0 spiro atoms. The summed E-state index contributed by atoms with van der Waals surface area (Å²) in [5.74, 6) is -1.15. The average Bonchev–Trinajstić information content (AvgIpc) is 3.45. The summed E-state index contributed by atoms with van der Waals surface area (Å²) in [6, 6.07) is 7.59. The number of aromatic nitrogens is 2. The van der Waals surface area contributed by atoms with E-state index in [4.69, 9.17) is 11.6 Å². The molecule has 11 heteroatoms. The van der Waals surface area contributed by atoms with Crippen molar-refractivity contribution < 1.29 is 22.8 Å². The van der Waals surface area contributed by atoms with Gasteiger partial charge in [0.25, 0.3) is 0 Å². The van der Waals surface area contributed by atoms with E-state index in [1.165, 1.54) is 37.6 Å². The lowest BCUT2D eigenvalue weighted by molar-refractivity contribution is -0.141. The second-order valence-corrected chi connectivity index (χ2v) is 9.92. The number of carbonyl (C=O) groups is 2. The fraction of sp³-hybridized carbons (Fsp3) is 0.292. The van der Waals surface area contributed by atoms with Gasteiger partial charge in [-0.05, 0) is 35.8 Å². The fourth-order valence-corrected chi connectivity index (χ4v) is 5.68. The third-order valence-electron chi connectivity index (χ3n) is 6.06. The molecule has 0 aliphatic carbocycles. The van der Waals surface area contributed by atoms with E-state index in [1.807, 2.05) is 0 Å². The van der Waals surface area contributed by atoms with E-state index in [1.54, 1.807) is 35.2 Å². The highest BCUT2D eigenvalue weighted by atomic mass is 35.5. The quantitative estimate of drug-likeness (QED) is 0.465. The first kappa shape index (κ1) is 25.0. The number of benzene rings is 1. The maximum Gasteiger partial charge on any atom is 0.435 e. The monoisotopic (exact) mass is 522 g/mol. The van der Waals surface area contributed by atoms with E-state index in [0.717, 1.165) is 15.1 Å². The lowest BCUT2D eigenvalue weighted by Crippen LogP contribution is -2.37. The number of likely N-dealkylation sites (N-methyl/N-ethyl adjacent to an activating group) is 1. The lowest BCUT2D eigenvalue weighted by Gasteiger charge is -2.33. The number of alkyl halides is 3. The van der Waals surface area contributed by atoms with Crippen molar-refractivity contribution in [3.8, 4) is 11.1 Å². The van der Waals surface area contributed by atoms with E-state index in [9.17, 15) is 22.8 Å². The van der Waals surface area contributed by atoms with Crippen LogP contribution in [0.5, 0.6) is 0 Å². The molecule has 4 rings (SSSR count). The summed E-state index contributed by atoms with van der Waals surface area (Å²) in [4.78, 5) is 27.0. The Bertz CT molecular complexity index is 1300. The van der Waals surface area contributed by atoms with E-state index in [0.29, 0.717) is 22.0 Å². The first-order valence-electron chi connectivity index (χ1n) is 10.7. The van der Waals surface area contributed by atoms with Crippen molar-refractivity contribution in [2.45, 2.75) is 31.6 Å². The Morgan fingerprint density at radius 2 is 2.00 bits per heavy atom. The third kappa shape index (κ3) is 4.72. The molecular formula is C24H22ClF3N4O2S. The van der Waals surface area contributed by atoms with Crippen molar-refractivity contribution in [2.75, 3.05) is 13.6 Å². The average molecular weight is 523 g/mol. The zero-order valence-electron chi connectivity index (χ0n) is 18.9. The number of hydrogen-bond acceptors (Lipinski definition) is 4. The minimum absolute atomic E-state index is 0.140. The number of nitrogens with zero attached hydrogens (tertiary/aromatic N) is 3. The van der Waals surface area contributed by atoms with Gasteiger partial charge in [-0.15, -0.1) is 11.3 Å². The standard InChI is InChI=1S/C24H22ClF3N4O2S/c1-4-21(33)31-10-17(16-9-20(25)35-19(16)12-31)14-7-5-6-8-15(14)18-11-32(13(2)23(34)29-3)30-22(18)24(26,27)28/h4-9,11,13,17H,1,10,12H2,2-3H3,(H,29,34)/t13?,17-/m1/s1. The van der Waals surface area contributed by atoms with Crippen molar-refractivity contribution in [1.82, 2.24) is 20.0 Å². The van der Waals surface area contributed by atoms with Gasteiger partial charge in [0, 0.05) is 36.1 Å². The third-order valence-corrected chi connectivity index (χ3v) is 7.32. The van der Waals surface area contributed by atoms with Gasteiger partial charge in [0.2, 0.25) is 11.8 Å². The van der Waals surface area contributed by atoms with Gasteiger partial charge in [-0.1, -0.05) is 42.4 Å². The predicted octanol–water partition coefficient (Wildman–Crippen LogP) is 5.25. The molecule has 1 unspecified atom stereocenters. The van der Waals surface area contributed by atoms with Crippen LogP contribution in [0.25, 0.3) is 11.1 Å². The van der Waals surface area contributed by atoms with Crippen LogP contribution in [0, 0.1) is 0 Å². The van der Waals surface area contributed by atoms with Gasteiger partial charge in [-0.2, -0.15) is 18.3 Å². The molecule has 6 nitrogen and oxygen atoms in total. The summed E-state index contributed by atoms with van der Waals surface area (Å²) in [7, 11) is 1.41. The summed E-state index contributed by atoms with van der Waals surface area (Å²) in [6.45, 7) is 5.64. The van der Waals surface area contributed by atoms with Gasteiger partial charge in [0.1, 0.15) is 6.04 Å². The largest absolute Gasteiger partial charge is 0.435 e. The van der Waals surface area contributed by atoms with Gasteiger partial charge >= 0.3 is 6.18 Å². The minimum Gasteiger partial charge on any atom is -0.357 e. The molecule has 0 saturated carbocycles. The van der Waals surface area contributed by atoms with Crippen molar-refractivity contribution >= 4 is 34.8 Å². The van der Waals surface area contributed by atoms with Gasteiger partial charge in [-0.3, -0.25) is 14.3 Å². The number of amides is 2. The Kier molecular flexibility index (Phi) is 6.79. The predicted molar refractivity (Wildman–Crippen MR) is 128 cm³/mol. The number of nitrogens with one attached hydrogen (secondary N) is 1. The normalized spacial score (nSPS) is 16.5. The first-order valence-corrected chi connectivity index (χ1v) is 11.9. The maximum atomic E-state index is 14.1. The number of rotatable bonds is 5. The topological polar surface area (TPSA) is 67.2 Å². The molecule has 2 aromatic heterocycles. The Morgan fingerprint density at radius 1 is 1.29 bits per heavy atom. The minimum atomic E-state index is -4.75. The summed E-state index contributed by atoms with van der Waals surface area (Å²) < 4.78 is 43.8. The number of carbonyl (C=O) groups excluding carboxylic acids is 2. The van der Waals surface area contributed by atoms with Crippen LogP contribution in [0.1, 0.15) is 40.6 Å². The van der Waals surface area contributed by atoms with Crippen LogP contribution in [0.4, 0.5) is 13.2 Å². The van der Waals surface area contributed by atoms with Crippen LogP contribution >= 0.6 is 22.9 Å². The molecule has 1 N–H and O–H groups in total. The van der Waals surface area contributed by atoms with Crippen LogP contribution in [-0.4, -0.2) is 40.1 Å². The summed E-state index contributed by atoms with van der Waals surface area (Å²) in [6.07, 6.45) is -2.28. The molecule has 1 aliphatic heterocycles. The van der Waals surface area contributed by atoms with Crippen LogP contribution in [0.3, 0.4) is 0 Å². The van der Waals surface area contributed by atoms with E-state index in [2.05, 4.69) is 17.0 Å². The van der Waals surface area contributed by atoms with Crippen molar-refractivity contribution in [2.24, 2.45) is 0 Å². The SMILES string of the molecule is C=CC(=O)N1Cc2sc(Cl)cc2[C@@H](c2ccccc2-c2cn(C(C)C(=O)NC)nc2C(F)(F)F)C1. The van der Waals surface area contributed by atoms with Crippen LogP contribution in [0.15, 0.2) is 49.2 Å². The van der Waals surface area contributed by atoms with Gasteiger partial charge in [0.15, 0.2) is 5.69 Å². The molecular weight excluding hydrogens is 501 g/mol. The molecule has 3 heterocycles.